The Bertz CT molecular complexity index is 1360. The summed E-state index contributed by atoms with van der Waals surface area (Å²) in [5.41, 5.74) is 0.484. The Morgan fingerprint density at radius 3 is 2.68 bits per heavy atom. The van der Waals surface area contributed by atoms with E-state index < -0.39 is 11.9 Å². The summed E-state index contributed by atoms with van der Waals surface area (Å²) in [6, 6.07) is 9.08. The van der Waals surface area contributed by atoms with E-state index in [9.17, 15) is 22.4 Å². The number of carbonyl (C=O) groups excluding carboxylic acids is 1. The van der Waals surface area contributed by atoms with Crippen LogP contribution in [0.25, 0.3) is 21.8 Å². The predicted molar refractivity (Wildman–Crippen MR) is 118 cm³/mol. The number of rotatable bonds is 5. The van der Waals surface area contributed by atoms with Crippen LogP contribution in [-0.2, 0) is 26.2 Å². The molecule has 4 aromatic rings. The number of hydrogen-bond donors (Lipinski definition) is 0. The third-order valence-electron chi connectivity index (χ3n) is 5.97. The zero-order chi connectivity index (χ0) is 24.0. The molecule has 11 heteroatoms. The van der Waals surface area contributed by atoms with Crippen LogP contribution in [0.5, 0.6) is 0 Å². The van der Waals surface area contributed by atoms with Crippen molar-refractivity contribution in [1.82, 2.24) is 24.3 Å². The molecule has 0 fully saturated rings. The SMILES string of the molecule is Cn1ncc(-c2nc(C(F)(F)F)cs2)c1C(=O)CC1CCn2c(nc(-c3ccccc3)c2F)C1. The van der Waals surface area contributed by atoms with E-state index in [1.54, 1.807) is 23.7 Å². The van der Waals surface area contributed by atoms with Gasteiger partial charge >= 0.3 is 6.18 Å². The lowest BCUT2D eigenvalue weighted by molar-refractivity contribution is -0.140. The highest BCUT2D eigenvalue weighted by molar-refractivity contribution is 7.13. The number of thiazole rings is 1. The fourth-order valence-electron chi connectivity index (χ4n) is 4.30. The number of benzene rings is 1. The van der Waals surface area contributed by atoms with Crippen molar-refractivity contribution < 1.29 is 22.4 Å². The van der Waals surface area contributed by atoms with Gasteiger partial charge in [-0.1, -0.05) is 30.3 Å². The Morgan fingerprint density at radius 2 is 1.97 bits per heavy atom. The second kappa shape index (κ2) is 8.46. The summed E-state index contributed by atoms with van der Waals surface area (Å²) in [4.78, 5) is 21.3. The highest BCUT2D eigenvalue weighted by Crippen LogP contribution is 2.36. The molecule has 176 valence electrons. The maximum Gasteiger partial charge on any atom is 0.434 e. The Balaban J connectivity index is 1.36. The minimum absolute atomic E-state index is 0.0739. The van der Waals surface area contributed by atoms with E-state index in [2.05, 4.69) is 15.1 Å². The quantitative estimate of drug-likeness (QED) is 0.278. The molecule has 1 aliphatic rings. The molecule has 3 aromatic heterocycles. The van der Waals surface area contributed by atoms with E-state index in [1.807, 2.05) is 18.2 Å². The molecule has 5 rings (SSSR count). The van der Waals surface area contributed by atoms with Gasteiger partial charge in [-0.15, -0.1) is 11.3 Å². The molecule has 6 nitrogen and oxygen atoms in total. The van der Waals surface area contributed by atoms with Crippen molar-refractivity contribution in [2.45, 2.75) is 32.0 Å². The lowest BCUT2D eigenvalue weighted by atomic mass is 9.91. The molecule has 0 aliphatic carbocycles. The van der Waals surface area contributed by atoms with E-state index in [0.717, 1.165) is 16.7 Å². The molecule has 4 heterocycles. The van der Waals surface area contributed by atoms with Crippen LogP contribution >= 0.6 is 11.3 Å². The average molecular weight is 489 g/mol. The van der Waals surface area contributed by atoms with Gasteiger partial charge in [0.1, 0.15) is 22.2 Å². The highest BCUT2D eigenvalue weighted by Gasteiger charge is 2.35. The Labute approximate surface area is 195 Å². The van der Waals surface area contributed by atoms with Gasteiger partial charge in [-0.2, -0.15) is 22.7 Å². The molecule has 0 radical (unpaired) electrons. The normalized spacial score (nSPS) is 16.0. The molecule has 34 heavy (non-hydrogen) atoms. The second-order valence-corrected chi connectivity index (χ2v) is 9.10. The van der Waals surface area contributed by atoms with Gasteiger partial charge in [-0.25, -0.2) is 9.97 Å². The van der Waals surface area contributed by atoms with Crippen molar-refractivity contribution in [3.8, 4) is 21.8 Å². The van der Waals surface area contributed by atoms with Crippen molar-refractivity contribution in [3.05, 3.63) is 65.1 Å². The summed E-state index contributed by atoms with van der Waals surface area (Å²) in [5, 5.41) is 5.10. The van der Waals surface area contributed by atoms with Crippen molar-refractivity contribution in [1.29, 1.82) is 0 Å². The smallest absolute Gasteiger partial charge is 0.304 e. The molecule has 0 N–H and O–H groups in total. The Kier molecular flexibility index (Phi) is 5.59. The van der Waals surface area contributed by atoms with Gasteiger partial charge < -0.3 is 4.57 Å². The van der Waals surface area contributed by atoms with Gasteiger partial charge in [0.05, 0.1) is 11.8 Å². The highest BCUT2D eigenvalue weighted by atomic mass is 32.1. The van der Waals surface area contributed by atoms with E-state index in [1.165, 1.54) is 10.9 Å². The number of aromatic nitrogens is 5. The Morgan fingerprint density at radius 1 is 1.21 bits per heavy atom. The molecular formula is C23H19F4N5OS. The summed E-state index contributed by atoms with van der Waals surface area (Å²) < 4.78 is 56.8. The van der Waals surface area contributed by atoms with Gasteiger partial charge in [-0.05, 0) is 12.3 Å². The number of halogens is 4. The number of alkyl halides is 3. The molecule has 0 amide bonds. The standard InChI is InChI=1S/C23H19F4N5OS/c1-31-20(15(11-28-31)22-29-17(12-34-22)23(25,26)27)16(33)9-13-7-8-32-18(10-13)30-19(21(32)24)14-5-3-2-4-6-14/h2-6,11-13H,7-10H2,1H3. The first-order valence-electron chi connectivity index (χ1n) is 10.6. The predicted octanol–water partition coefficient (Wildman–Crippen LogP) is 5.40. The van der Waals surface area contributed by atoms with Crippen molar-refractivity contribution in [3.63, 3.8) is 0 Å². The number of ketones is 1. The number of hydrogen-bond acceptors (Lipinski definition) is 5. The Hall–Kier alpha value is -3.34. The van der Waals surface area contributed by atoms with Gasteiger partial charge in [0.25, 0.3) is 0 Å². The fourth-order valence-corrected chi connectivity index (χ4v) is 5.13. The van der Waals surface area contributed by atoms with Crippen LogP contribution in [0.3, 0.4) is 0 Å². The second-order valence-electron chi connectivity index (χ2n) is 8.24. The zero-order valence-electron chi connectivity index (χ0n) is 18.0. The number of Topliss-reactive ketones (excluding diaryl/α,β-unsaturated/α-hetero) is 1. The molecule has 1 aromatic carbocycles. The third kappa shape index (κ3) is 4.04. The number of nitrogens with zero attached hydrogens (tertiary/aromatic N) is 5. The fraction of sp³-hybridized carbons (Fsp3) is 0.304. The van der Waals surface area contributed by atoms with Crippen LogP contribution in [0, 0.1) is 11.9 Å². The van der Waals surface area contributed by atoms with Gasteiger partial charge in [0.2, 0.25) is 5.95 Å². The van der Waals surface area contributed by atoms with Crippen LogP contribution in [0.4, 0.5) is 17.6 Å². The molecule has 1 unspecified atom stereocenters. The minimum atomic E-state index is -4.56. The van der Waals surface area contributed by atoms with E-state index in [0.29, 0.717) is 36.5 Å². The maximum absolute atomic E-state index is 14.9. The van der Waals surface area contributed by atoms with Crippen molar-refractivity contribution >= 4 is 17.1 Å². The van der Waals surface area contributed by atoms with E-state index >= 15 is 0 Å². The number of imidazole rings is 1. The van der Waals surface area contributed by atoms with Crippen LogP contribution < -0.4 is 0 Å². The zero-order valence-corrected chi connectivity index (χ0v) is 18.8. The molecule has 0 saturated heterocycles. The number of aryl methyl sites for hydroxylation is 1. The topological polar surface area (TPSA) is 65.6 Å². The van der Waals surface area contributed by atoms with Crippen molar-refractivity contribution in [2.24, 2.45) is 13.0 Å². The minimum Gasteiger partial charge on any atom is -0.304 e. The van der Waals surface area contributed by atoms with E-state index in [-0.39, 0.29) is 40.3 Å². The number of carbonyl (C=O) groups is 1. The first-order valence-corrected chi connectivity index (χ1v) is 11.5. The summed E-state index contributed by atoms with van der Waals surface area (Å²) in [7, 11) is 1.57. The van der Waals surface area contributed by atoms with Crippen molar-refractivity contribution in [2.75, 3.05) is 0 Å². The maximum atomic E-state index is 14.9. The molecule has 0 spiro atoms. The summed E-state index contributed by atoms with van der Waals surface area (Å²) in [6.07, 6.45) is -2.03. The van der Waals surface area contributed by atoms with Crippen LogP contribution in [0.1, 0.15) is 34.8 Å². The molecule has 0 bridgehead atoms. The van der Waals surface area contributed by atoms with Crippen LogP contribution in [0.15, 0.2) is 41.9 Å². The third-order valence-corrected chi connectivity index (χ3v) is 6.84. The summed E-state index contributed by atoms with van der Waals surface area (Å²) in [5.74, 6) is -0.118. The molecule has 1 aliphatic heterocycles. The first-order chi connectivity index (χ1) is 16.2. The number of fused-ring (bicyclic) bond motifs is 1. The average Bonchev–Trinajstić information content (AvgIpc) is 3.51. The largest absolute Gasteiger partial charge is 0.434 e. The monoisotopic (exact) mass is 489 g/mol. The lowest BCUT2D eigenvalue weighted by Gasteiger charge is -2.22. The molecule has 1 atom stereocenters. The molecule has 0 saturated carbocycles. The van der Waals surface area contributed by atoms with Gasteiger partial charge in [0, 0.05) is 37.4 Å². The van der Waals surface area contributed by atoms with Crippen LogP contribution in [-0.4, -0.2) is 30.1 Å². The van der Waals surface area contributed by atoms with Gasteiger partial charge in [-0.3, -0.25) is 9.48 Å². The molecular weight excluding hydrogens is 470 g/mol. The lowest BCUT2D eigenvalue weighted by Crippen LogP contribution is -2.23. The van der Waals surface area contributed by atoms with E-state index in [4.69, 9.17) is 0 Å². The summed E-state index contributed by atoms with van der Waals surface area (Å²) >= 11 is 0.822. The van der Waals surface area contributed by atoms with Crippen LogP contribution in [0.2, 0.25) is 0 Å². The first kappa shape index (κ1) is 22.5. The summed E-state index contributed by atoms with van der Waals surface area (Å²) in [6.45, 7) is 0.401. The van der Waals surface area contributed by atoms with Gasteiger partial charge in [0.15, 0.2) is 11.5 Å².